The number of amides is 1. The molecule has 0 radical (unpaired) electrons. The molecule has 0 unspecified atom stereocenters. The molecular weight excluding hydrogens is 271 g/mol. The van der Waals surface area contributed by atoms with Gasteiger partial charge in [0.15, 0.2) is 0 Å². The monoisotopic (exact) mass is 280 g/mol. The average Bonchev–Trinajstić information content (AvgIpc) is 2.15. The van der Waals surface area contributed by atoms with Crippen LogP contribution in [0.4, 0.5) is 4.39 Å². The molecule has 0 saturated heterocycles. The number of nitrogens with one attached hydrogen (secondary N) is 1. The zero-order valence-electron chi connectivity index (χ0n) is 9.07. The molecule has 0 saturated carbocycles. The minimum absolute atomic E-state index is 0.113. The maximum absolute atomic E-state index is 12.7. The number of carbonyl (C=O) groups excluding carboxylic acids is 1. The normalized spacial score (nSPS) is 11.6. The minimum atomic E-state index is -3.89. The van der Waals surface area contributed by atoms with E-state index in [1.165, 1.54) is 14.1 Å². The first-order chi connectivity index (χ1) is 7.74. The SMILES string of the molecule is CN(C)S(=O)(=O)NC(=O)c1ccc(F)cc1Cl. The Kier molecular flexibility index (Phi) is 4.07. The summed E-state index contributed by atoms with van der Waals surface area (Å²) < 4.78 is 38.1. The highest BCUT2D eigenvalue weighted by Crippen LogP contribution is 2.17. The van der Waals surface area contributed by atoms with Crippen molar-refractivity contribution in [2.75, 3.05) is 14.1 Å². The Morgan fingerprint density at radius 2 is 2.00 bits per heavy atom. The molecule has 0 aliphatic rings. The number of benzene rings is 1. The molecule has 0 aliphatic heterocycles. The lowest BCUT2D eigenvalue weighted by molar-refractivity contribution is 0.0980. The summed E-state index contributed by atoms with van der Waals surface area (Å²) in [5.74, 6) is -1.52. The van der Waals surface area contributed by atoms with E-state index in [2.05, 4.69) is 0 Å². The van der Waals surface area contributed by atoms with Gasteiger partial charge in [-0.25, -0.2) is 9.11 Å². The summed E-state index contributed by atoms with van der Waals surface area (Å²) in [7, 11) is -1.36. The van der Waals surface area contributed by atoms with Gasteiger partial charge in [-0.3, -0.25) is 4.79 Å². The minimum Gasteiger partial charge on any atom is -0.268 e. The van der Waals surface area contributed by atoms with Crippen molar-refractivity contribution in [3.63, 3.8) is 0 Å². The number of hydrogen-bond donors (Lipinski definition) is 1. The summed E-state index contributed by atoms with van der Waals surface area (Å²) >= 11 is 5.62. The highest BCUT2D eigenvalue weighted by Gasteiger charge is 2.20. The summed E-state index contributed by atoms with van der Waals surface area (Å²) in [6.45, 7) is 0. The van der Waals surface area contributed by atoms with E-state index < -0.39 is 21.9 Å². The van der Waals surface area contributed by atoms with E-state index in [-0.39, 0.29) is 10.6 Å². The lowest BCUT2D eigenvalue weighted by Crippen LogP contribution is -2.39. The van der Waals surface area contributed by atoms with E-state index in [1.807, 2.05) is 0 Å². The zero-order valence-corrected chi connectivity index (χ0v) is 10.6. The summed E-state index contributed by atoms with van der Waals surface area (Å²) in [4.78, 5) is 11.6. The molecule has 0 heterocycles. The summed E-state index contributed by atoms with van der Waals surface area (Å²) in [5.41, 5.74) is -0.113. The maximum atomic E-state index is 12.7. The molecule has 1 N–H and O–H groups in total. The molecule has 0 fully saturated rings. The fourth-order valence-electron chi connectivity index (χ4n) is 0.937. The average molecular weight is 281 g/mol. The highest BCUT2D eigenvalue weighted by atomic mass is 35.5. The number of rotatable bonds is 3. The molecule has 1 aromatic rings. The van der Waals surface area contributed by atoms with Crippen LogP contribution in [0.1, 0.15) is 10.4 Å². The Bertz CT molecular complexity index is 545. The third kappa shape index (κ3) is 3.39. The van der Waals surface area contributed by atoms with Gasteiger partial charge in [-0.2, -0.15) is 12.7 Å². The predicted octanol–water partition coefficient (Wildman–Crippen LogP) is 1.02. The van der Waals surface area contributed by atoms with Crippen molar-refractivity contribution in [2.24, 2.45) is 0 Å². The van der Waals surface area contributed by atoms with Crippen molar-refractivity contribution in [1.29, 1.82) is 0 Å². The quantitative estimate of drug-likeness (QED) is 0.899. The van der Waals surface area contributed by atoms with Crippen LogP contribution in [0.15, 0.2) is 18.2 Å². The Labute approximate surface area is 103 Å². The molecule has 1 rings (SSSR count). The Hall–Kier alpha value is -1.18. The van der Waals surface area contributed by atoms with Gasteiger partial charge in [-0.15, -0.1) is 0 Å². The van der Waals surface area contributed by atoms with E-state index >= 15 is 0 Å². The first kappa shape index (κ1) is 13.9. The Morgan fingerprint density at radius 3 is 2.47 bits per heavy atom. The summed E-state index contributed by atoms with van der Waals surface area (Å²) in [6.07, 6.45) is 0. The molecule has 94 valence electrons. The fraction of sp³-hybridized carbons (Fsp3) is 0.222. The topological polar surface area (TPSA) is 66.5 Å². The van der Waals surface area contributed by atoms with Crippen LogP contribution in [0, 0.1) is 5.82 Å². The Morgan fingerprint density at radius 1 is 1.41 bits per heavy atom. The molecule has 0 atom stereocenters. The molecule has 1 amide bonds. The van der Waals surface area contributed by atoms with Gasteiger partial charge < -0.3 is 0 Å². The van der Waals surface area contributed by atoms with Gasteiger partial charge in [0.25, 0.3) is 5.91 Å². The van der Waals surface area contributed by atoms with E-state index in [1.54, 1.807) is 4.72 Å². The summed E-state index contributed by atoms with van der Waals surface area (Å²) in [6, 6.07) is 3.06. The largest absolute Gasteiger partial charge is 0.303 e. The van der Waals surface area contributed by atoms with Crippen LogP contribution in [0.2, 0.25) is 5.02 Å². The van der Waals surface area contributed by atoms with Crippen molar-refractivity contribution < 1.29 is 17.6 Å². The van der Waals surface area contributed by atoms with Crippen LogP contribution in [0.5, 0.6) is 0 Å². The number of carbonyl (C=O) groups is 1. The first-order valence-corrected chi connectivity index (χ1v) is 6.25. The zero-order chi connectivity index (χ0) is 13.2. The molecule has 8 heteroatoms. The van der Waals surface area contributed by atoms with Crippen LogP contribution >= 0.6 is 11.6 Å². The van der Waals surface area contributed by atoms with Gasteiger partial charge in [-0.05, 0) is 18.2 Å². The molecule has 1 aromatic carbocycles. The van der Waals surface area contributed by atoms with Crippen LogP contribution in [-0.4, -0.2) is 32.7 Å². The highest BCUT2D eigenvalue weighted by molar-refractivity contribution is 7.87. The van der Waals surface area contributed by atoms with Crippen LogP contribution in [0.25, 0.3) is 0 Å². The second-order valence-corrected chi connectivity index (χ2v) is 5.63. The van der Waals surface area contributed by atoms with Crippen LogP contribution < -0.4 is 4.72 Å². The van der Waals surface area contributed by atoms with Gasteiger partial charge in [0.1, 0.15) is 5.82 Å². The predicted molar refractivity (Wildman–Crippen MR) is 61.5 cm³/mol. The molecule has 17 heavy (non-hydrogen) atoms. The van der Waals surface area contributed by atoms with Crippen molar-refractivity contribution in [1.82, 2.24) is 9.03 Å². The summed E-state index contributed by atoms with van der Waals surface area (Å²) in [5, 5.41) is -0.156. The molecule has 5 nitrogen and oxygen atoms in total. The molecular formula is C9H10ClFN2O3S. The van der Waals surface area contributed by atoms with Gasteiger partial charge in [0, 0.05) is 14.1 Å². The third-order valence-corrected chi connectivity index (χ3v) is 3.60. The number of hydrogen-bond acceptors (Lipinski definition) is 3. The van der Waals surface area contributed by atoms with E-state index in [4.69, 9.17) is 11.6 Å². The molecule has 0 aliphatic carbocycles. The van der Waals surface area contributed by atoms with E-state index in [9.17, 15) is 17.6 Å². The lowest BCUT2D eigenvalue weighted by atomic mass is 10.2. The van der Waals surface area contributed by atoms with Crippen molar-refractivity contribution in [3.8, 4) is 0 Å². The van der Waals surface area contributed by atoms with Gasteiger partial charge >= 0.3 is 10.2 Å². The Balaban J connectivity index is 2.99. The van der Waals surface area contributed by atoms with Crippen molar-refractivity contribution in [2.45, 2.75) is 0 Å². The number of nitrogens with zero attached hydrogens (tertiary/aromatic N) is 1. The second kappa shape index (κ2) is 4.99. The maximum Gasteiger partial charge on any atom is 0.303 e. The third-order valence-electron chi connectivity index (χ3n) is 1.88. The standard InChI is InChI=1S/C9H10ClFN2O3S/c1-13(2)17(15,16)12-9(14)7-4-3-6(11)5-8(7)10/h3-5H,1-2H3,(H,12,14). The number of halogens is 2. The molecule has 0 bridgehead atoms. The molecule has 0 spiro atoms. The van der Waals surface area contributed by atoms with Crippen LogP contribution in [0.3, 0.4) is 0 Å². The van der Waals surface area contributed by atoms with E-state index in [0.717, 1.165) is 22.5 Å². The lowest BCUT2D eigenvalue weighted by Gasteiger charge is -2.12. The second-order valence-electron chi connectivity index (χ2n) is 3.34. The van der Waals surface area contributed by atoms with Crippen molar-refractivity contribution in [3.05, 3.63) is 34.6 Å². The smallest absolute Gasteiger partial charge is 0.268 e. The van der Waals surface area contributed by atoms with Gasteiger partial charge in [-0.1, -0.05) is 11.6 Å². The van der Waals surface area contributed by atoms with Gasteiger partial charge in [0.2, 0.25) is 0 Å². The fourth-order valence-corrected chi connectivity index (χ4v) is 1.72. The first-order valence-electron chi connectivity index (χ1n) is 4.43. The molecule has 0 aromatic heterocycles. The van der Waals surface area contributed by atoms with Crippen LogP contribution in [-0.2, 0) is 10.2 Å². The van der Waals surface area contributed by atoms with E-state index in [0.29, 0.717) is 0 Å². The van der Waals surface area contributed by atoms with Crippen molar-refractivity contribution >= 4 is 27.7 Å². The van der Waals surface area contributed by atoms with Gasteiger partial charge in [0.05, 0.1) is 10.6 Å².